The normalized spacial score (nSPS) is 18.6. The topological polar surface area (TPSA) is 172 Å². The maximum absolute atomic E-state index is 13.3. The molecule has 1 aliphatic heterocycles. The molecule has 0 saturated carbocycles. The molecule has 218 valence electrons. The number of rotatable bonds is 9. The fourth-order valence-electron chi connectivity index (χ4n) is 4.64. The number of likely N-dealkylation sites (tertiary alicyclic amines) is 1. The van der Waals surface area contributed by atoms with Crippen molar-refractivity contribution < 1.29 is 38.3 Å². The van der Waals surface area contributed by atoms with Gasteiger partial charge in [-0.25, -0.2) is 4.98 Å². The number of nitrogens with one attached hydrogen (secondary N) is 3. The number of benzene rings is 2. The first kappa shape index (κ1) is 29.9. The number of aromatic nitrogens is 1. The average Bonchev–Trinajstić information content (AvgIpc) is 3.28. The quantitative estimate of drug-likeness (QED) is 0.246. The van der Waals surface area contributed by atoms with Gasteiger partial charge in [-0.3, -0.25) is 14.4 Å². The van der Waals surface area contributed by atoms with Crippen LogP contribution in [0, 0.1) is 0 Å². The number of anilines is 1. The molecule has 10 nitrogen and oxygen atoms in total. The van der Waals surface area contributed by atoms with Crippen molar-refractivity contribution in [1.82, 2.24) is 10.2 Å². The van der Waals surface area contributed by atoms with Crippen LogP contribution < -0.4 is 32.8 Å². The summed E-state index contributed by atoms with van der Waals surface area (Å²) < 4.78 is 39.0. The number of quaternary nitrogens is 1. The summed E-state index contributed by atoms with van der Waals surface area (Å²) in [6.07, 6.45) is -2.96. The van der Waals surface area contributed by atoms with E-state index in [4.69, 9.17) is 11.5 Å². The summed E-state index contributed by atoms with van der Waals surface area (Å²) in [5.74, 6) is -1.44. The molecule has 0 unspecified atom stereocenters. The number of carbonyl (C=O) groups excluding carboxylic acids is 3. The Bertz CT molecular complexity index is 1390. The second-order valence-corrected chi connectivity index (χ2v) is 10.3. The number of alkyl halides is 3. The molecule has 13 heteroatoms. The number of halogens is 3. The molecule has 4 atom stereocenters. The van der Waals surface area contributed by atoms with E-state index in [1.54, 1.807) is 17.2 Å². The van der Waals surface area contributed by atoms with Crippen LogP contribution in [-0.2, 0) is 27.0 Å². The minimum atomic E-state index is -4.50. The van der Waals surface area contributed by atoms with Crippen molar-refractivity contribution in [3.63, 3.8) is 0 Å². The molecule has 4 rings (SSSR count). The third-order valence-corrected chi connectivity index (χ3v) is 7.13. The number of nitrogens with two attached hydrogens (primary N) is 2. The smallest absolute Gasteiger partial charge is 0.352 e. The van der Waals surface area contributed by atoms with Gasteiger partial charge in [-0.1, -0.05) is 24.3 Å². The van der Waals surface area contributed by atoms with E-state index in [1.807, 2.05) is 24.3 Å². The number of fused-ring (bicyclic) bond motifs is 1. The third-order valence-electron chi connectivity index (χ3n) is 7.13. The molecule has 1 saturated heterocycles. The lowest BCUT2D eigenvalue weighted by molar-refractivity contribution is -0.416. The summed E-state index contributed by atoms with van der Waals surface area (Å²) in [4.78, 5) is 43.5. The van der Waals surface area contributed by atoms with Crippen LogP contribution in [0.1, 0.15) is 24.0 Å². The summed E-state index contributed by atoms with van der Waals surface area (Å²) in [5.41, 5.74) is 16.8. The minimum Gasteiger partial charge on any atom is -0.352 e. The molecule has 1 aromatic heterocycles. The van der Waals surface area contributed by atoms with Gasteiger partial charge in [0, 0.05) is 30.8 Å². The Balaban J connectivity index is 1.44. The number of pyridine rings is 1. The number of hydrogen-bond acceptors (Lipinski definition) is 5. The molecule has 0 aliphatic carbocycles. The lowest BCUT2D eigenvalue weighted by atomic mass is 10.0. The minimum absolute atomic E-state index is 0.0106. The van der Waals surface area contributed by atoms with Gasteiger partial charge >= 0.3 is 6.18 Å². The van der Waals surface area contributed by atoms with E-state index in [-0.39, 0.29) is 37.3 Å². The maximum atomic E-state index is 13.3. The second-order valence-electron chi connectivity index (χ2n) is 10.3. The molecule has 0 spiro atoms. The molecule has 3 amide bonds. The summed E-state index contributed by atoms with van der Waals surface area (Å²) >= 11 is 0. The van der Waals surface area contributed by atoms with Gasteiger partial charge in [0.1, 0.15) is 17.8 Å². The van der Waals surface area contributed by atoms with Crippen molar-refractivity contribution >= 4 is 34.3 Å². The largest absolute Gasteiger partial charge is 0.416 e. The maximum Gasteiger partial charge on any atom is 0.416 e. The van der Waals surface area contributed by atoms with E-state index in [0.29, 0.717) is 24.3 Å². The molecule has 2 aromatic carbocycles. The van der Waals surface area contributed by atoms with Crippen LogP contribution in [0.5, 0.6) is 0 Å². The molecule has 10 N–H and O–H groups in total. The molecule has 1 fully saturated rings. The van der Waals surface area contributed by atoms with E-state index in [0.717, 1.165) is 23.0 Å². The summed E-state index contributed by atoms with van der Waals surface area (Å²) in [6, 6.07) is 11.0. The summed E-state index contributed by atoms with van der Waals surface area (Å²) in [6.45, 7) is 0.818. The molecule has 0 bridgehead atoms. The van der Waals surface area contributed by atoms with Crippen molar-refractivity contribution in [3.05, 3.63) is 71.9 Å². The van der Waals surface area contributed by atoms with Crippen LogP contribution in [0.2, 0.25) is 0 Å². The predicted molar refractivity (Wildman–Crippen MR) is 145 cm³/mol. The number of amides is 3. The van der Waals surface area contributed by atoms with Gasteiger partial charge in [-0.2, -0.15) is 13.2 Å². The molecule has 2 heterocycles. The van der Waals surface area contributed by atoms with Crippen LogP contribution in [0.4, 0.5) is 18.9 Å². The van der Waals surface area contributed by atoms with Crippen LogP contribution in [0.15, 0.2) is 60.8 Å². The van der Waals surface area contributed by atoms with E-state index in [2.05, 4.69) is 21.4 Å². The molecule has 1 aliphatic rings. The zero-order valence-corrected chi connectivity index (χ0v) is 22.3. The summed E-state index contributed by atoms with van der Waals surface area (Å²) in [7, 11) is 0. The van der Waals surface area contributed by atoms with Gasteiger partial charge in [-0.05, 0) is 36.2 Å². The lowest BCUT2D eigenvalue weighted by Crippen LogP contribution is -2.68. The van der Waals surface area contributed by atoms with Crippen molar-refractivity contribution in [2.75, 3.05) is 18.4 Å². The van der Waals surface area contributed by atoms with E-state index >= 15 is 0 Å². The first-order valence-electron chi connectivity index (χ1n) is 13.2. The Morgan fingerprint density at radius 1 is 1.07 bits per heavy atom. The Kier molecular flexibility index (Phi) is 9.21. The number of nitrogens with zero attached hydrogens (tertiary/aromatic N) is 1. The fraction of sp³-hybridized carbons (Fsp3) is 0.357. The van der Waals surface area contributed by atoms with Crippen molar-refractivity contribution in [2.24, 2.45) is 11.5 Å². The third kappa shape index (κ3) is 7.78. The van der Waals surface area contributed by atoms with Crippen molar-refractivity contribution in [3.8, 4) is 0 Å². The number of para-hydroxylation sites is 1. The van der Waals surface area contributed by atoms with Crippen molar-refractivity contribution in [1.29, 1.82) is 0 Å². The Hall–Kier alpha value is -4.07. The zero-order valence-electron chi connectivity index (χ0n) is 22.3. The number of carbonyl (C=O) groups is 3. The SMILES string of the molecule is N[C@@H](CCC(=O)N1C[C@@H]([NH3+])[C@@H](N)C1)C(=O)N[C@H](Cc1ccc(C(F)(F)F)cc1)C(=O)Nc1c[nH+]c2ccccc2c1. The fourth-order valence-corrected chi connectivity index (χ4v) is 4.64. The van der Waals surface area contributed by atoms with Crippen LogP contribution >= 0.6 is 0 Å². The van der Waals surface area contributed by atoms with Crippen molar-refractivity contribution in [2.45, 2.75) is 49.6 Å². The Morgan fingerprint density at radius 2 is 1.78 bits per heavy atom. The predicted octanol–water partition coefficient (Wildman–Crippen LogP) is 0.226. The van der Waals surface area contributed by atoms with Crippen LogP contribution in [-0.4, -0.2) is 59.9 Å². The molecule has 0 radical (unpaired) electrons. The zero-order chi connectivity index (χ0) is 29.7. The number of aromatic amines is 1. The Morgan fingerprint density at radius 3 is 2.44 bits per heavy atom. The average molecular weight is 574 g/mol. The summed E-state index contributed by atoms with van der Waals surface area (Å²) in [5, 5.41) is 6.19. The highest BCUT2D eigenvalue weighted by Crippen LogP contribution is 2.29. The van der Waals surface area contributed by atoms with Gasteiger partial charge < -0.3 is 32.7 Å². The van der Waals surface area contributed by atoms with E-state index < -0.39 is 35.6 Å². The molecule has 41 heavy (non-hydrogen) atoms. The van der Waals surface area contributed by atoms with Crippen LogP contribution in [0.3, 0.4) is 0 Å². The van der Waals surface area contributed by atoms with Crippen LogP contribution in [0.25, 0.3) is 10.9 Å². The monoisotopic (exact) mass is 573 g/mol. The first-order valence-corrected chi connectivity index (χ1v) is 13.2. The van der Waals surface area contributed by atoms with E-state index in [1.165, 1.54) is 12.1 Å². The van der Waals surface area contributed by atoms with Gasteiger partial charge in [0.15, 0.2) is 6.20 Å². The second kappa shape index (κ2) is 12.6. The standard InChI is InChI=1S/C28H32F3N7O3/c29-28(30,31)18-7-5-16(6-8-18)11-24(27(41)36-19-12-17-3-1-2-4-23(17)35-13-19)37-26(40)20(32)9-10-25(39)38-14-21(33)22(34)15-38/h1-8,12-13,20-22,24H,9-11,14-15,32-34H2,(H,36,41)(H,37,40)/p+2/t20-,21-,22+,24+/m0/s1. The van der Waals surface area contributed by atoms with Gasteiger partial charge in [0.25, 0.3) is 0 Å². The van der Waals surface area contributed by atoms with Gasteiger partial charge in [0.2, 0.25) is 23.2 Å². The highest BCUT2D eigenvalue weighted by Gasteiger charge is 2.34. The van der Waals surface area contributed by atoms with Gasteiger partial charge in [-0.15, -0.1) is 0 Å². The van der Waals surface area contributed by atoms with E-state index in [9.17, 15) is 27.6 Å². The van der Waals surface area contributed by atoms with Gasteiger partial charge in [0.05, 0.1) is 24.2 Å². The number of hydrogen-bond donors (Lipinski definition) is 5. The highest BCUT2D eigenvalue weighted by molar-refractivity contribution is 5.98. The first-order chi connectivity index (χ1) is 19.4. The number of H-pyrrole nitrogens is 1. The molecular formula is C28H34F3N7O3+2. The molecular weight excluding hydrogens is 539 g/mol. The molecule has 3 aromatic rings. The highest BCUT2D eigenvalue weighted by atomic mass is 19.4. The Labute approximate surface area is 234 Å². The lowest BCUT2D eigenvalue weighted by Gasteiger charge is -2.21.